The van der Waals surface area contributed by atoms with Gasteiger partial charge in [0.25, 0.3) is 0 Å². The highest BCUT2D eigenvalue weighted by Crippen LogP contribution is 2.37. The molecular weight excluding hydrogens is 271 g/mol. The number of benzene rings is 1. The first kappa shape index (κ1) is 14.3. The zero-order valence-electron chi connectivity index (χ0n) is 10.6. The SMILES string of the molecule is Cc1cc(CN)nc(Oc2ccccc2C(F)(F)F)n1. The summed E-state index contributed by atoms with van der Waals surface area (Å²) in [6.45, 7) is 1.84. The minimum absolute atomic E-state index is 0.151. The topological polar surface area (TPSA) is 61.0 Å². The van der Waals surface area contributed by atoms with Gasteiger partial charge in [-0.25, -0.2) is 4.98 Å². The van der Waals surface area contributed by atoms with Gasteiger partial charge in [0.2, 0.25) is 0 Å². The van der Waals surface area contributed by atoms with Gasteiger partial charge in [-0.3, -0.25) is 0 Å². The third-order valence-electron chi connectivity index (χ3n) is 2.49. The van der Waals surface area contributed by atoms with Crippen molar-refractivity contribution in [3.63, 3.8) is 0 Å². The molecule has 1 aromatic carbocycles. The molecule has 2 N–H and O–H groups in total. The number of nitrogens with zero attached hydrogens (tertiary/aromatic N) is 2. The van der Waals surface area contributed by atoms with Crippen molar-refractivity contribution in [3.05, 3.63) is 47.3 Å². The van der Waals surface area contributed by atoms with Crippen molar-refractivity contribution in [3.8, 4) is 11.8 Å². The highest BCUT2D eigenvalue weighted by molar-refractivity contribution is 5.37. The average molecular weight is 283 g/mol. The number of aromatic nitrogens is 2. The molecule has 0 aliphatic rings. The van der Waals surface area contributed by atoms with Crippen LogP contribution in [0.4, 0.5) is 13.2 Å². The van der Waals surface area contributed by atoms with Crippen molar-refractivity contribution in [2.45, 2.75) is 19.6 Å². The minimum atomic E-state index is -4.50. The van der Waals surface area contributed by atoms with Gasteiger partial charge in [0.05, 0.1) is 11.3 Å². The maximum absolute atomic E-state index is 12.8. The average Bonchev–Trinajstić information content (AvgIpc) is 2.37. The number of hydrogen-bond donors (Lipinski definition) is 1. The highest BCUT2D eigenvalue weighted by Gasteiger charge is 2.34. The lowest BCUT2D eigenvalue weighted by molar-refractivity contribution is -0.138. The van der Waals surface area contributed by atoms with Gasteiger partial charge in [0.1, 0.15) is 5.75 Å². The van der Waals surface area contributed by atoms with E-state index in [1.54, 1.807) is 13.0 Å². The Morgan fingerprint density at radius 2 is 1.90 bits per heavy atom. The normalized spacial score (nSPS) is 11.4. The smallest absolute Gasteiger partial charge is 0.419 e. The molecule has 106 valence electrons. The van der Waals surface area contributed by atoms with Crippen LogP contribution in [0, 0.1) is 6.92 Å². The standard InChI is InChI=1S/C13H12F3N3O/c1-8-6-9(7-17)19-12(18-8)20-11-5-3-2-4-10(11)13(14,15)16/h2-6H,7,17H2,1H3. The van der Waals surface area contributed by atoms with E-state index in [2.05, 4.69) is 9.97 Å². The molecule has 1 aromatic heterocycles. The molecule has 4 nitrogen and oxygen atoms in total. The number of hydrogen-bond acceptors (Lipinski definition) is 4. The lowest BCUT2D eigenvalue weighted by Gasteiger charge is -2.12. The zero-order chi connectivity index (χ0) is 14.8. The molecule has 0 radical (unpaired) electrons. The van der Waals surface area contributed by atoms with E-state index in [0.29, 0.717) is 11.4 Å². The summed E-state index contributed by atoms with van der Waals surface area (Å²) in [5.41, 5.74) is 5.65. The van der Waals surface area contributed by atoms with E-state index < -0.39 is 11.7 Å². The molecule has 0 aliphatic heterocycles. The van der Waals surface area contributed by atoms with Crippen molar-refractivity contribution in [1.29, 1.82) is 0 Å². The van der Waals surface area contributed by atoms with Gasteiger partial charge in [0, 0.05) is 12.2 Å². The van der Waals surface area contributed by atoms with Crippen LogP contribution in [0.5, 0.6) is 11.8 Å². The van der Waals surface area contributed by atoms with E-state index in [1.807, 2.05) is 0 Å². The number of rotatable bonds is 3. The maximum atomic E-state index is 12.8. The van der Waals surface area contributed by atoms with Gasteiger partial charge in [-0.15, -0.1) is 0 Å². The van der Waals surface area contributed by atoms with Crippen LogP contribution in [0.2, 0.25) is 0 Å². The fraction of sp³-hybridized carbons (Fsp3) is 0.231. The van der Waals surface area contributed by atoms with Gasteiger partial charge < -0.3 is 10.5 Å². The number of ether oxygens (including phenoxy) is 1. The zero-order valence-corrected chi connectivity index (χ0v) is 10.6. The second kappa shape index (κ2) is 5.46. The van der Waals surface area contributed by atoms with Crippen LogP contribution in [0.1, 0.15) is 17.0 Å². The predicted molar refractivity (Wildman–Crippen MR) is 66.2 cm³/mol. The largest absolute Gasteiger partial charge is 0.424 e. The number of para-hydroxylation sites is 1. The summed E-state index contributed by atoms with van der Waals surface area (Å²) in [5.74, 6) is -0.339. The molecule has 0 atom stereocenters. The van der Waals surface area contributed by atoms with E-state index in [0.717, 1.165) is 6.07 Å². The summed E-state index contributed by atoms with van der Waals surface area (Å²) in [6, 6.07) is 6.39. The van der Waals surface area contributed by atoms with Gasteiger partial charge in [-0.1, -0.05) is 12.1 Å². The lowest BCUT2D eigenvalue weighted by Crippen LogP contribution is -2.08. The maximum Gasteiger partial charge on any atom is 0.419 e. The molecule has 0 aliphatic carbocycles. The van der Waals surface area contributed by atoms with Gasteiger partial charge in [-0.2, -0.15) is 18.2 Å². The van der Waals surface area contributed by atoms with E-state index in [-0.39, 0.29) is 18.3 Å². The van der Waals surface area contributed by atoms with E-state index in [9.17, 15) is 13.2 Å². The second-order valence-electron chi connectivity index (χ2n) is 4.08. The highest BCUT2D eigenvalue weighted by atomic mass is 19.4. The Hall–Kier alpha value is -2.15. The Bertz CT molecular complexity index is 614. The first-order valence-corrected chi connectivity index (χ1v) is 5.79. The summed E-state index contributed by atoms with van der Waals surface area (Å²) in [6.07, 6.45) is -4.50. The third-order valence-corrected chi connectivity index (χ3v) is 2.49. The summed E-state index contributed by atoms with van der Waals surface area (Å²) in [4.78, 5) is 7.89. The van der Waals surface area contributed by atoms with Gasteiger partial charge in [0.15, 0.2) is 0 Å². The molecule has 0 saturated carbocycles. The first-order valence-electron chi connectivity index (χ1n) is 5.79. The van der Waals surface area contributed by atoms with Crippen LogP contribution < -0.4 is 10.5 Å². The number of nitrogens with two attached hydrogens (primary N) is 1. The molecule has 0 spiro atoms. The number of alkyl halides is 3. The van der Waals surface area contributed by atoms with Crippen molar-refractivity contribution in [2.24, 2.45) is 5.73 Å². The molecule has 0 unspecified atom stereocenters. The Labute approximate surface area is 113 Å². The second-order valence-corrected chi connectivity index (χ2v) is 4.08. The molecule has 0 amide bonds. The van der Waals surface area contributed by atoms with E-state index in [1.165, 1.54) is 18.2 Å². The van der Waals surface area contributed by atoms with Crippen LogP contribution in [0.25, 0.3) is 0 Å². The molecular formula is C13H12F3N3O. The summed E-state index contributed by atoms with van der Waals surface area (Å²) in [7, 11) is 0. The minimum Gasteiger partial charge on any atom is -0.424 e. The number of aryl methyl sites for hydroxylation is 1. The quantitative estimate of drug-likeness (QED) is 0.940. The fourth-order valence-electron chi connectivity index (χ4n) is 1.64. The molecule has 7 heteroatoms. The molecule has 2 rings (SSSR count). The Balaban J connectivity index is 2.38. The fourth-order valence-corrected chi connectivity index (χ4v) is 1.64. The van der Waals surface area contributed by atoms with Crippen molar-refractivity contribution in [2.75, 3.05) is 0 Å². The van der Waals surface area contributed by atoms with Crippen LogP contribution in [0.3, 0.4) is 0 Å². The van der Waals surface area contributed by atoms with Crippen molar-refractivity contribution in [1.82, 2.24) is 9.97 Å². The lowest BCUT2D eigenvalue weighted by atomic mass is 10.2. The summed E-state index contributed by atoms with van der Waals surface area (Å²) in [5, 5.41) is 0. The summed E-state index contributed by atoms with van der Waals surface area (Å²) >= 11 is 0. The Kier molecular flexibility index (Phi) is 3.89. The van der Waals surface area contributed by atoms with Gasteiger partial charge >= 0.3 is 12.2 Å². The molecule has 0 bridgehead atoms. The predicted octanol–water partition coefficient (Wildman–Crippen LogP) is 3.05. The monoisotopic (exact) mass is 283 g/mol. The van der Waals surface area contributed by atoms with Gasteiger partial charge in [-0.05, 0) is 25.1 Å². The van der Waals surface area contributed by atoms with Crippen LogP contribution >= 0.6 is 0 Å². The first-order chi connectivity index (χ1) is 9.40. The van der Waals surface area contributed by atoms with Crippen molar-refractivity contribution < 1.29 is 17.9 Å². The van der Waals surface area contributed by atoms with Crippen LogP contribution in [-0.2, 0) is 12.7 Å². The van der Waals surface area contributed by atoms with Crippen LogP contribution in [-0.4, -0.2) is 9.97 Å². The molecule has 1 heterocycles. The Morgan fingerprint density at radius 3 is 2.55 bits per heavy atom. The number of halogens is 3. The van der Waals surface area contributed by atoms with E-state index >= 15 is 0 Å². The molecule has 20 heavy (non-hydrogen) atoms. The summed E-state index contributed by atoms with van der Waals surface area (Å²) < 4.78 is 43.7. The van der Waals surface area contributed by atoms with Crippen LogP contribution in [0.15, 0.2) is 30.3 Å². The Morgan fingerprint density at radius 1 is 1.20 bits per heavy atom. The van der Waals surface area contributed by atoms with Crippen molar-refractivity contribution >= 4 is 0 Å². The molecule has 0 saturated heterocycles. The molecule has 0 fully saturated rings. The molecule has 2 aromatic rings. The van der Waals surface area contributed by atoms with E-state index in [4.69, 9.17) is 10.5 Å². The third kappa shape index (κ3) is 3.24.